The maximum absolute atomic E-state index is 11.8. The molecule has 1 heterocycles. The molecule has 94 valence electrons. The molecule has 2 nitrogen and oxygen atoms in total. The van der Waals surface area contributed by atoms with Gasteiger partial charge in [-0.05, 0) is 47.6 Å². The Bertz CT molecular complexity index is 347. The summed E-state index contributed by atoms with van der Waals surface area (Å²) in [4.78, 5) is 11.8. The maximum atomic E-state index is 11.8. The van der Waals surface area contributed by atoms with Gasteiger partial charge in [-0.15, -0.1) is 0 Å². The average molecular weight is 251 g/mol. The molecule has 1 fully saturated rings. The van der Waals surface area contributed by atoms with Crippen molar-refractivity contribution in [1.82, 2.24) is 5.32 Å². The topological polar surface area (TPSA) is 29.1 Å². The molecule has 1 amide bonds. The van der Waals surface area contributed by atoms with Gasteiger partial charge in [0.2, 0.25) is 5.91 Å². The Hall–Kier alpha value is -0.830. The molecule has 1 saturated carbocycles. The summed E-state index contributed by atoms with van der Waals surface area (Å²) in [7, 11) is 0. The Morgan fingerprint density at radius 2 is 2.41 bits per heavy atom. The SMILES string of the molecule is CC1CCCC(NC(=O)CCc2ccsc2)C1. The predicted molar refractivity (Wildman–Crippen MR) is 72.2 cm³/mol. The maximum Gasteiger partial charge on any atom is 0.220 e. The summed E-state index contributed by atoms with van der Waals surface area (Å²) < 4.78 is 0. The monoisotopic (exact) mass is 251 g/mol. The van der Waals surface area contributed by atoms with E-state index in [2.05, 4.69) is 29.1 Å². The van der Waals surface area contributed by atoms with Crippen molar-refractivity contribution >= 4 is 17.2 Å². The number of carbonyl (C=O) groups is 1. The van der Waals surface area contributed by atoms with E-state index in [9.17, 15) is 4.79 Å². The van der Waals surface area contributed by atoms with Crippen LogP contribution in [0.15, 0.2) is 16.8 Å². The van der Waals surface area contributed by atoms with Crippen LogP contribution in [0.3, 0.4) is 0 Å². The van der Waals surface area contributed by atoms with Gasteiger partial charge in [0.15, 0.2) is 0 Å². The molecule has 0 bridgehead atoms. The lowest BCUT2D eigenvalue weighted by atomic mass is 9.87. The molecule has 2 rings (SSSR count). The Kier molecular flexibility index (Phi) is 4.60. The molecule has 0 aliphatic heterocycles. The fourth-order valence-corrected chi connectivity index (χ4v) is 3.26. The van der Waals surface area contributed by atoms with E-state index in [0.29, 0.717) is 12.5 Å². The summed E-state index contributed by atoms with van der Waals surface area (Å²) in [5, 5.41) is 7.36. The molecule has 0 aromatic carbocycles. The van der Waals surface area contributed by atoms with Gasteiger partial charge in [0.1, 0.15) is 0 Å². The number of thiophene rings is 1. The predicted octanol–water partition coefficient (Wildman–Crippen LogP) is 3.38. The molecule has 1 N–H and O–H groups in total. The molecular weight excluding hydrogens is 230 g/mol. The molecular formula is C14H21NOS. The van der Waals surface area contributed by atoms with Crippen molar-refractivity contribution < 1.29 is 4.79 Å². The molecule has 1 aromatic heterocycles. The van der Waals surface area contributed by atoms with E-state index in [1.807, 2.05) is 0 Å². The summed E-state index contributed by atoms with van der Waals surface area (Å²) in [5.41, 5.74) is 1.28. The smallest absolute Gasteiger partial charge is 0.220 e. The van der Waals surface area contributed by atoms with E-state index in [4.69, 9.17) is 0 Å². The molecule has 0 spiro atoms. The zero-order valence-corrected chi connectivity index (χ0v) is 11.3. The van der Waals surface area contributed by atoms with E-state index in [0.717, 1.165) is 25.2 Å². The number of nitrogens with one attached hydrogen (secondary N) is 1. The Morgan fingerprint density at radius 1 is 1.53 bits per heavy atom. The fourth-order valence-electron chi connectivity index (χ4n) is 2.56. The first-order valence-corrected chi connectivity index (χ1v) is 7.49. The van der Waals surface area contributed by atoms with Crippen LogP contribution in [0, 0.1) is 5.92 Å². The highest BCUT2D eigenvalue weighted by Crippen LogP contribution is 2.23. The molecule has 3 heteroatoms. The molecule has 1 aliphatic carbocycles. The van der Waals surface area contributed by atoms with E-state index in [1.165, 1.54) is 18.4 Å². The van der Waals surface area contributed by atoms with E-state index in [1.54, 1.807) is 11.3 Å². The quantitative estimate of drug-likeness (QED) is 0.873. The largest absolute Gasteiger partial charge is 0.353 e. The second kappa shape index (κ2) is 6.20. The van der Waals surface area contributed by atoms with Crippen molar-refractivity contribution in [2.75, 3.05) is 0 Å². The number of hydrogen-bond donors (Lipinski definition) is 1. The highest BCUT2D eigenvalue weighted by atomic mass is 32.1. The summed E-state index contributed by atoms with van der Waals surface area (Å²) in [6.07, 6.45) is 6.40. The first kappa shape index (κ1) is 12.6. The van der Waals surface area contributed by atoms with Crippen LogP contribution in [0.5, 0.6) is 0 Å². The molecule has 17 heavy (non-hydrogen) atoms. The van der Waals surface area contributed by atoms with Crippen molar-refractivity contribution in [3.8, 4) is 0 Å². The Morgan fingerprint density at radius 3 is 3.12 bits per heavy atom. The molecule has 0 saturated heterocycles. The van der Waals surface area contributed by atoms with E-state index >= 15 is 0 Å². The number of hydrogen-bond acceptors (Lipinski definition) is 2. The van der Waals surface area contributed by atoms with Crippen molar-refractivity contribution in [2.45, 2.75) is 51.5 Å². The normalized spacial score (nSPS) is 24.5. The Labute approximate surface area is 107 Å². The van der Waals surface area contributed by atoms with Crippen LogP contribution in [-0.4, -0.2) is 11.9 Å². The standard InChI is InChI=1S/C14H21NOS/c1-11-3-2-4-13(9-11)15-14(16)6-5-12-7-8-17-10-12/h7-8,10-11,13H,2-6,9H2,1H3,(H,15,16). The van der Waals surface area contributed by atoms with Crippen LogP contribution in [-0.2, 0) is 11.2 Å². The summed E-state index contributed by atoms with van der Waals surface area (Å²) >= 11 is 1.70. The number of carbonyl (C=O) groups excluding carboxylic acids is 1. The van der Waals surface area contributed by atoms with Crippen LogP contribution in [0.4, 0.5) is 0 Å². The summed E-state index contributed by atoms with van der Waals surface area (Å²) in [6, 6.07) is 2.52. The second-order valence-corrected chi connectivity index (χ2v) is 5.95. The van der Waals surface area contributed by atoms with Gasteiger partial charge in [-0.3, -0.25) is 4.79 Å². The fraction of sp³-hybridized carbons (Fsp3) is 0.643. The van der Waals surface area contributed by atoms with Crippen LogP contribution in [0.25, 0.3) is 0 Å². The first-order chi connectivity index (χ1) is 8.24. The van der Waals surface area contributed by atoms with Gasteiger partial charge in [-0.2, -0.15) is 11.3 Å². The lowest BCUT2D eigenvalue weighted by Gasteiger charge is -2.27. The average Bonchev–Trinajstić information content (AvgIpc) is 2.79. The van der Waals surface area contributed by atoms with Crippen LogP contribution >= 0.6 is 11.3 Å². The summed E-state index contributed by atoms with van der Waals surface area (Å²) in [5.74, 6) is 0.987. The zero-order valence-electron chi connectivity index (χ0n) is 10.4. The Balaban J connectivity index is 1.70. The minimum atomic E-state index is 0.218. The molecule has 1 aromatic rings. The highest BCUT2D eigenvalue weighted by Gasteiger charge is 2.20. The molecule has 0 radical (unpaired) electrons. The zero-order chi connectivity index (χ0) is 12.1. The van der Waals surface area contributed by atoms with Crippen molar-refractivity contribution in [2.24, 2.45) is 5.92 Å². The lowest BCUT2D eigenvalue weighted by molar-refractivity contribution is -0.122. The number of amides is 1. The third-order valence-corrected chi connectivity index (χ3v) is 4.25. The lowest BCUT2D eigenvalue weighted by Crippen LogP contribution is -2.38. The molecule has 2 unspecified atom stereocenters. The van der Waals surface area contributed by atoms with Gasteiger partial charge in [-0.25, -0.2) is 0 Å². The van der Waals surface area contributed by atoms with Crippen LogP contribution in [0.2, 0.25) is 0 Å². The first-order valence-electron chi connectivity index (χ1n) is 6.54. The van der Waals surface area contributed by atoms with E-state index < -0.39 is 0 Å². The second-order valence-electron chi connectivity index (χ2n) is 5.17. The van der Waals surface area contributed by atoms with Crippen molar-refractivity contribution in [1.29, 1.82) is 0 Å². The van der Waals surface area contributed by atoms with Crippen molar-refractivity contribution in [3.63, 3.8) is 0 Å². The highest BCUT2D eigenvalue weighted by molar-refractivity contribution is 7.07. The van der Waals surface area contributed by atoms with Crippen LogP contribution in [0.1, 0.15) is 44.6 Å². The van der Waals surface area contributed by atoms with Gasteiger partial charge in [0.25, 0.3) is 0 Å². The van der Waals surface area contributed by atoms with Gasteiger partial charge in [-0.1, -0.05) is 19.8 Å². The third kappa shape index (κ3) is 4.15. The van der Waals surface area contributed by atoms with Gasteiger partial charge < -0.3 is 5.32 Å². The molecule has 2 atom stereocenters. The van der Waals surface area contributed by atoms with Gasteiger partial charge >= 0.3 is 0 Å². The minimum absolute atomic E-state index is 0.218. The van der Waals surface area contributed by atoms with Gasteiger partial charge in [0, 0.05) is 12.5 Å². The molecule has 1 aliphatic rings. The van der Waals surface area contributed by atoms with Gasteiger partial charge in [0.05, 0.1) is 0 Å². The number of aryl methyl sites for hydroxylation is 1. The third-order valence-electron chi connectivity index (χ3n) is 3.52. The summed E-state index contributed by atoms with van der Waals surface area (Å²) in [6.45, 7) is 2.28. The van der Waals surface area contributed by atoms with Crippen molar-refractivity contribution in [3.05, 3.63) is 22.4 Å². The van der Waals surface area contributed by atoms with Crippen LogP contribution < -0.4 is 5.32 Å². The number of rotatable bonds is 4. The van der Waals surface area contributed by atoms with E-state index in [-0.39, 0.29) is 5.91 Å². The minimum Gasteiger partial charge on any atom is -0.353 e.